The third-order valence-corrected chi connectivity index (χ3v) is 21.4. The number of hydrogen-bond donors (Lipinski definition) is 3. The van der Waals surface area contributed by atoms with Gasteiger partial charge >= 0.3 is 39.5 Å². The van der Waals surface area contributed by atoms with Crippen LogP contribution in [0.3, 0.4) is 0 Å². The molecule has 5 atom stereocenters. The largest absolute Gasteiger partial charge is 0.472 e. The first-order chi connectivity index (χ1) is 49.5. The lowest BCUT2D eigenvalue weighted by atomic mass is 10.0. The monoisotopic (exact) mass is 1490 g/mol. The topological polar surface area (TPSA) is 237 Å². The normalized spacial score (nSPS) is 13.8. The number of esters is 4. The van der Waals surface area contributed by atoms with Gasteiger partial charge in [-0.1, -0.05) is 394 Å². The van der Waals surface area contributed by atoms with Crippen molar-refractivity contribution in [2.24, 2.45) is 5.92 Å². The van der Waals surface area contributed by atoms with E-state index in [1.54, 1.807) is 0 Å². The summed E-state index contributed by atoms with van der Waals surface area (Å²) in [5.74, 6) is -1.35. The van der Waals surface area contributed by atoms with Crippen LogP contribution in [0.2, 0.25) is 0 Å². The van der Waals surface area contributed by atoms with Gasteiger partial charge in [-0.3, -0.25) is 37.3 Å². The van der Waals surface area contributed by atoms with Crippen molar-refractivity contribution in [3.63, 3.8) is 0 Å². The van der Waals surface area contributed by atoms with Crippen LogP contribution in [0.5, 0.6) is 0 Å². The summed E-state index contributed by atoms with van der Waals surface area (Å²) in [5.41, 5.74) is 0. The highest BCUT2D eigenvalue weighted by Gasteiger charge is 2.30. The number of hydrogen-bond acceptors (Lipinski definition) is 15. The lowest BCUT2D eigenvalue weighted by Gasteiger charge is -2.21. The van der Waals surface area contributed by atoms with E-state index in [9.17, 15) is 43.2 Å². The van der Waals surface area contributed by atoms with Crippen LogP contribution < -0.4 is 0 Å². The molecule has 0 amide bonds. The summed E-state index contributed by atoms with van der Waals surface area (Å²) in [6.45, 7) is 7.33. The fourth-order valence-corrected chi connectivity index (χ4v) is 14.5. The molecule has 0 aliphatic rings. The number of aliphatic hydroxyl groups is 1. The van der Waals surface area contributed by atoms with E-state index in [0.29, 0.717) is 25.7 Å². The van der Waals surface area contributed by atoms with Crippen molar-refractivity contribution in [3.8, 4) is 0 Å². The molecule has 0 spiro atoms. The van der Waals surface area contributed by atoms with Crippen LogP contribution in [-0.2, 0) is 65.4 Å². The fraction of sp³-hybridized carbons (Fsp3) is 0.952. The van der Waals surface area contributed by atoms with Crippen LogP contribution >= 0.6 is 15.6 Å². The highest BCUT2D eigenvalue weighted by molar-refractivity contribution is 7.47. The molecule has 0 rings (SSSR count). The van der Waals surface area contributed by atoms with Gasteiger partial charge in [0.1, 0.15) is 19.3 Å². The second-order valence-corrected chi connectivity index (χ2v) is 33.3. The minimum absolute atomic E-state index is 0.107. The van der Waals surface area contributed by atoms with Crippen LogP contribution in [0.4, 0.5) is 0 Å². The van der Waals surface area contributed by atoms with Crippen molar-refractivity contribution in [2.75, 3.05) is 39.6 Å². The highest BCUT2D eigenvalue weighted by atomic mass is 31.2. The Hall–Kier alpha value is -1.94. The van der Waals surface area contributed by atoms with Crippen LogP contribution in [0, 0.1) is 5.92 Å². The lowest BCUT2D eigenvalue weighted by molar-refractivity contribution is -0.161. The third-order valence-electron chi connectivity index (χ3n) is 19.5. The summed E-state index contributed by atoms with van der Waals surface area (Å²) in [4.78, 5) is 73.1. The molecule has 17 nitrogen and oxygen atoms in total. The molecule has 3 N–H and O–H groups in total. The first-order valence-corrected chi connectivity index (χ1v) is 46.1. The molecule has 0 bridgehead atoms. The van der Waals surface area contributed by atoms with Crippen molar-refractivity contribution in [1.29, 1.82) is 0 Å². The number of carbonyl (C=O) groups is 4. The van der Waals surface area contributed by atoms with Crippen molar-refractivity contribution in [3.05, 3.63) is 0 Å². The van der Waals surface area contributed by atoms with E-state index < -0.39 is 97.5 Å². The van der Waals surface area contributed by atoms with E-state index in [4.69, 9.17) is 37.0 Å². The van der Waals surface area contributed by atoms with Gasteiger partial charge in [0.2, 0.25) is 0 Å². The van der Waals surface area contributed by atoms with E-state index in [1.165, 1.54) is 270 Å². The number of carbonyl (C=O) groups excluding carboxylic acids is 4. The Bertz CT molecular complexity index is 1940. The van der Waals surface area contributed by atoms with Crippen molar-refractivity contribution >= 4 is 39.5 Å². The summed E-state index contributed by atoms with van der Waals surface area (Å²) in [6.07, 6.45) is 68.0. The molecule has 0 saturated carbocycles. The molecule has 0 aliphatic carbocycles. The first-order valence-electron chi connectivity index (χ1n) is 43.1. The predicted molar refractivity (Wildman–Crippen MR) is 418 cm³/mol. The Morgan fingerprint density at radius 1 is 0.265 bits per heavy atom. The Morgan fingerprint density at radius 3 is 0.667 bits per heavy atom. The van der Waals surface area contributed by atoms with Crippen LogP contribution in [0.15, 0.2) is 0 Å². The van der Waals surface area contributed by atoms with Crippen molar-refractivity contribution in [2.45, 2.75) is 464 Å². The van der Waals surface area contributed by atoms with Crippen molar-refractivity contribution < 1.29 is 80.2 Å². The summed E-state index contributed by atoms with van der Waals surface area (Å²) in [7, 11) is -9.92. The van der Waals surface area contributed by atoms with Crippen LogP contribution in [0.25, 0.3) is 0 Å². The minimum atomic E-state index is -4.96. The molecule has 0 aromatic heterocycles. The number of ether oxygens (including phenoxy) is 4. The zero-order valence-electron chi connectivity index (χ0n) is 66.8. The molecular weight excluding hydrogens is 1330 g/mol. The van der Waals surface area contributed by atoms with E-state index in [0.717, 1.165) is 95.8 Å². The molecule has 0 fully saturated rings. The van der Waals surface area contributed by atoms with E-state index in [-0.39, 0.29) is 25.7 Å². The van der Waals surface area contributed by atoms with Gasteiger partial charge < -0.3 is 33.8 Å². The number of unbranched alkanes of at least 4 members (excludes halogenated alkanes) is 55. The molecule has 19 heteroatoms. The number of phosphoric ester groups is 2. The molecule has 0 aliphatic heterocycles. The molecule has 0 heterocycles. The summed E-state index contributed by atoms with van der Waals surface area (Å²) in [5, 5.41) is 10.7. The van der Waals surface area contributed by atoms with Gasteiger partial charge in [-0.15, -0.1) is 0 Å². The van der Waals surface area contributed by atoms with Crippen molar-refractivity contribution in [1.82, 2.24) is 0 Å². The third kappa shape index (κ3) is 76.3. The van der Waals surface area contributed by atoms with Gasteiger partial charge in [-0.25, -0.2) is 9.13 Å². The average molecular weight is 1490 g/mol. The van der Waals surface area contributed by atoms with Gasteiger partial charge in [0, 0.05) is 25.7 Å². The Kier molecular flexibility index (Phi) is 74.4. The van der Waals surface area contributed by atoms with Crippen LogP contribution in [0.1, 0.15) is 446 Å². The predicted octanol–water partition coefficient (Wildman–Crippen LogP) is 25.2. The van der Waals surface area contributed by atoms with Gasteiger partial charge in [-0.2, -0.15) is 0 Å². The zero-order valence-corrected chi connectivity index (χ0v) is 68.5. The van der Waals surface area contributed by atoms with Gasteiger partial charge in [0.05, 0.1) is 26.4 Å². The summed E-state index contributed by atoms with van der Waals surface area (Å²) >= 11 is 0. The maximum absolute atomic E-state index is 13.1. The average Bonchev–Trinajstić information content (AvgIpc) is 0.919. The molecule has 2 unspecified atom stereocenters. The van der Waals surface area contributed by atoms with E-state index in [2.05, 4.69) is 34.6 Å². The Labute approximate surface area is 626 Å². The number of aliphatic hydroxyl groups excluding tert-OH is 1. The van der Waals surface area contributed by atoms with E-state index >= 15 is 0 Å². The van der Waals surface area contributed by atoms with Crippen LogP contribution in [-0.4, -0.2) is 96.7 Å². The second kappa shape index (κ2) is 75.9. The highest BCUT2D eigenvalue weighted by Crippen LogP contribution is 2.45. The zero-order chi connectivity index (χ0) is 74.8. The van der Waals surface area contributed by atoms with Gasteiger partial charge in [0.15, 0.2) is 12.2 Å². The molecule has 0 aromatic rings. The fourth-order valence-electron chi connectivity index (χ4n) is 12.9. The molecule has 0 radical (unpaired) electrons. The SMILES string of the molecule is CCCCCCCCCCCCCCCCCCCCCCCCC(=O)O[C@H](COC(=O)CCCCCCCCCCCCCCCCC)COP(=O)(O)OC[C@@H](O)COP(=O)(O)OC[C@@H](COC(=O)CCCCCCCCCCCCCC)OC(=O)CCCCCCCCCCCCC(C)C. The molecule has 0 aromatic carbocycles. The smallest absolute Gasteiger partial charge is 0.462 e. The number of phosphoric acid groups is 2. The first kappa shape index (κ1) is 100. The quantitative estimate of drug-likeness (QED) is 0.0222. The summed E-state index contributed by atoms with van der Waals surface area (Å²) < 4.78 is 68.8. The molecule has 102 heavy (non-hydrogen) atoms. The molecule has 0 saturated heterocycles. The standard InChI is InChI=1S/C83H162O17P2/c1-6-9-12-15-18-21-24-27-29-30-31-32-33-34-35-37-39-42-48-53-58-63-68-82(87)99-78(72-94-81(86)67-62-57-52-47-41-38-36-28-25-22-19-16-13-10-7-2)74-97-101(89,90)95-70-77(84)71-96-102(91,92)98-75-79(73-93-80(85)66-61-56-51-46-40-26-23-20-17-14-11-8-3)100-83(88)69-64-59-54-49-44-43-45-50-55-60-65-76(4)5/h76-79,84H,6-75H2,1-5H3,(H,89,90)(H,91,92)/t77-,78-,79-/m1/s1. The molecular formula is C83H162O17P2. The summed E-state index contributed by atoms with van der Waals surface area (Å²) in [6, 6.07) is 0. The second-order valence-electron chi connectivity index (χ2n) is 30.3. The maximum atomic E-state index is 13.1. The Balaban J connectivity index is 5.22. The number of rotatable bonds is 83. The molecule has 606 valence electrons. The van der Waals surface area contributed by atoms with E-state index in [1.807, 2.05) is 0 Å². The van der Waals surface area contributed by atoms with Gasteiger partial charge in [-0.05, 0) is 31.6 Å². The maximum Gasteiger partial charge on any atom is 0.472 e. The minimum Gasteiger partial charge on any atom is -0.462 e. The van der Waals surface area contributed by atoms with Gasteiger partial charge in [0.25, 0.3) is 0 Å². The lowest BCUT2D eigenvalue weighted by Crippen LogP contribution is -2.30. The Morgan fingerprint density at radius 2 is 0.451 bits per heavy atom.